The number of carbonyl (C=O) groups is 3. The molecule has 0 fully saturated rings. The highest BCUT2D eigenvalue weighted by atomic mass is 16.6. The molecule has 1 unspecified atom stereocenters. The van der Waals surface area contributed by atoms with Gasteiger partial charge in [-0.25, -0.2) is 0 Å². The maximum Gasteiger partial charge on any atom is 0.306 e. The van der Waals surface area contributed by atoms with Crippen LogP contribution in [0.5, 0.6) is 0 Å². The molecule has 1 atom stereocenters. The number of hydrogen-bond donors (Lipinski definition) is 0. The first-order valence-corrected chi connectivity index (χ1v) is 28.8. The molecule has 6 nitrogen and oxygen atoms in total. The molecule has 6 heteroatoms. The summed E-state index contributed by atoms with van der Waals surface area (Å²) < 4.78 is 16.8. The molecule has 0 aromatic heterocycles. The number of carbonyl (C=O) groups excluding carboxylic acids is 3. The summed E-state index contributed by atoms with van der Waals surface area (Å²) in [6.07, 6.45) is 63.2. The Hall–Kier alpha value is -2.11. The Morgan fingerprint density at radius 1 is 0.292 bits per heavy atom. The molecule has 0 aromatic rings. The second-order valence-electron chi connectivity index (χ2n) is 19.6. The smallest absolute Gasteiger partial charge is 0.306 e. The zero-order valence-corrected chi connectivity index (χ0v) is 43.8. The van der Waals surface area contributed by atoms with Crippen LogP contribution in [0.4, 0.5) is 0 Å². The van der Waals surface area contributed by atoms with Crippen LogP contribution in [-0.4, -0.2) is 37.2 Å². The number of hydrogen-bond acceptors (Lipinski definition) is 6. The maximum absolute atomic E-state index is 12.8. The van der Waals surface area contributed by atoms with Gasteiger partial charge >= 0.3 is 17.9 Å². The average Bonchev–Trinajstić information content (AvgIpc) is 3.30. The zero-order valence-electron chi connectivity index (χ0n) is 43.8. The van der Waals surface area contributed by atoms with Crippen molar-refractivity contribution >= 4 is 17.9 Å². The largest absolute Gasteiger partial charge is 0.462 e. The van der Waals surface area contributed by atoms with E-state index in [2.05, 4.69) is 45.1 Å². The lowest BCUT2D eigenvalue weighted by molar-refractivity contribution is -0.167. The number of rotatable bonds is 53. The van der Waals surface area contributed by atoms with Gasteiger partial charge in [0.15, 0.2) is 6.10 Å². The fourth-order valence-corrected chi connectivity index (χ4v) is 8.54. The van der Waals surface area contributed by atoms with Crippen molar-refractivity contribution in [1.29, 1.82) is 0 Å². The summed E-state index contributed by atoms with van der Waals surface area (Å²) in [5.41, 5.74) is 0. The highest BCUT2D eigenvalue weighted by molar-refractivity contribution is 5.71. The van der Waals surface area contributed by atoms with Crippen molar-refractivity contribution in [3.63, 3.8) is 0 Å². The van der Waals surface area contributed by atoms with Gasteiger partial charge in [-0.3, -0.25) is 14.4 Å². The fraction of sp³-hybridized carbons (Fsp3) is 0.881. The van der Waals surface area contributed by atoms with Crippen molar-refractivity contribution in [2.75, 3.05) is 13.2 Å². The van der Waals surface area contributed by atoms with Gasteiger partial charge in [0, 0.05) is 19.3 Å². The van der Waals surface area contributed by atoms with Gasteiger partial charge in [-0.05, 0) is 64.2 Å². The van der Waals surface area contributed by atoms with Crippen molar-refractivity contribution in [3.8, 4) is 0 Å². The monoisotopic (exact) mass is 915 g/mol. The fourth-order valence-electron chi connectivity index (χ4n) is 8.54. The molecular weight excluding hydrogens is 805 g/mol. The maximum atomic E-state index is 12.8. The number of esters is 3. The van der Waals surface area contributed by atoms with Crippen LogP contribution in [0, 0.1) is 0 Å². The molecular formula is C59H110O6. The third-order valence-corrected chi connectivity index (χ3v) is 12.9. The molecule has 0 spiro atoms. The first kappa shape index (κ1) is 62.9. The van der Waals surface area contributed by atoms with E-state index in [0.717, 1.165) is 64.2 Å². The van der Waals surface area contributed by atoms with E-state index in [1.54, 1.807) is 0 Å². The molecule has 0 bridgehead atoms. The Morgan fingerprint density at radius 2 is 0.523 bits per heavy atom. The topological polar surface area (TPSA) is 78.9 Å². The summed E-state index contributed by atoms with van der Waals surface area (Å²) in [6.45, 7) is 6.63. The summed E-state index contributed by atoms with van der Waals surface area (Å²) in [4.78, 5) is 38.0. The molecule has 65 heavy (non-hydrogen) atoms. The van der Waals surface area contributed by atoms with Crippen LogP contribution in [0.1, 0.15) is 316 Å². The third kappa shape index (κ3) is 52.7. The standard InChI is InChI=1S/C59H110O6/c1-4-7-10-13-16-19-22-24-25-26-27-28-29-30-31-32-33-35-37-40-43-46-49-52-58(61)64-55-56(54-63-57(60)51-48-45-42-39-36-21-18-15-12-9-6-3)65-59(62)53-50-47-44-41-38-34-23-20-17-14-11-8-5-2/h15,18,26-27,56H,4-14,16-17,19-25,28-55H2,1-3H3/b18-15-,27-26-. The average molecular weight is 916 g/mol. The van der Waals surface area contributed by atoms with E-state index in [-0.39, 0.29) is 31.1 Å². The van der Waals surface area contributed by atoms with Crippen LogP contribution in [0.3, 0.4) is 0 Å². The quantitative estimate of drug-likeness (QED) is 0.0262. The molecule has 0 heterocycles. The lowest BCUT2D eigenvalue weighted by Gasteiger charge is -2.18. The van der Waals surface area contributed by atoms with E-state index in [1.807, 2.05) is 0 Å². The first-order chi connectivity index (χ1) is 32.0. The summed E-state index contributed by atoms with van der Waals surface area (Å²) in [5, 5.41) is 0. The SMILES string of the molecule is CCCC/C=C\CCCCCCCC(=O)OCC(COC(=O)CCCCCCCCCCCCC/C=C\CCCCCCCCCC)OC(=O)CCCCCCCCCCCCCCC. The van der Waals surface area contributed by atoms with E-state index in [0.29, 0.717) is 19.3 Å². The molecule has 0 amide bonds. The van der Waals surface area contributed by atoms with Crippen molar-refractivity contribution in [2.24, 2.45) is 0 Å². The minimum Gasteiger partial charge on any atom is -0.462 e. The minimum absolute atomic E-state index is 0.0700. The van der Waals surface area contributed by atoms with Crippen LogP contribution in [0.15, 0.2) is 24.3 Å². The van der Waals surface area contributed by atoms with Crippen molar-refractivity contribution in [2.45, 2.75) is 322 Å². The summed E-state index contributed by atoms with van der Waals surface area (Å²) >= 11 is 0. The molecule has 0 aromatic carbocycles. The second kappa shape index (κ2) is 54.5. The van der Waals surface area contributed by atoms with Gasteiger partial charge in [0.25, 0.3) is 0 Å². The van der Waals surface area contributed by atoms with Crippen molar-refractivity contribution in [3.05, 3.63) is 24.3 Å². The second-order valence-corrected chi connectivity index (χ2v) is 19.6. The molecule has 0 aliphatic carbocycles. The van der Waals surface area contributed by atoms with Gasteiger partial charge in [-0.15, -0.1) is 0 Å². The molecule has 0 aliphatic rings. The lowest BCUT2D eigenvalue weighted by atomic mass is 10.0. The van der Waals surface area contributed by atoms with Crippen LogP contribution in [0.25, 0.3) is 0 Å². The van der Waals surface area contributed by atoms with Gasteiger partial charge in [-0.1, -0.05) is 257 Å². The third-order valence-electron chi connectivity index (χ3n) is 12.9. The predicted octanol–water partition coefficient (Wildman–Crippen LogP) is 19.1. The van der Waals surface area contributed by atoms with Crippen LogP contribution in [-0.2, 0) is 28.6 Å². The normalized spacial score (nSPS) is 12.1. The minimum atomic E-state index is -0.769. The van der Waals surface area contributed by atoms with Gasteiger partial charge in [0.05, 0.1) is 0 Å². The van der Waals surface area contributed by atoms with Gasteiger partial charge in [0.2, 0.25) is 0 Å². The number of allylic oxidation sites excluding steroid dienone is 4. The summed E-state index contributed by atoms with van der Waals surface area (Å²) in [6, 6.07) is 0. The van der Waals surface area contributed by atoms with Gasteiger partial charge in [-0.2, -0.15) is 0 Å². The van der Waals surface area contributed by atoms with E-state index in [4.69, 9.17) is 14.2 Å². The van der Waals surface area contributed by atoms with Crippen molar-refractivity contribution < 1.29 is 28.6 Å². The Kier molecular flexibility index (Phi) is 52.7. The Balaban J connectivity index is 4.21. The predicted molar refractivity (Wildman–Crippen MR) is 279 cm³/mol. The summed E-state index contributed by atoms with van der Waals surface area (Å²) in [7, 11) is 0. The zero-order chi connectivity index (χ0) is 47.2. The van der Waals surface area contributed by atoms with Crippen LogP contribution in [0.2, 0.25) is 0 Å². The Bertz CT molecular complexity index is 1050. The van der Waals surface area contributed by atoms with Crippen LogP contribution < -0.4 is 0 Å². The summed E-state index contributed by atoms with van der Waals surface area (Å²) in [5.74, 6) is -0.864. The lowest BCUT2D eigenvalue weighted by Crippen LogP contribution is -2.30. The van der Waals surface area contributed by atoms with E-state index in [1.165, 1.54) is 212 Å². The molecule has 0 saturated carbocycles. The number of ether oxygens (including phenoxy) is 3. The van der Waals surface area contributed by atoms with Crippen molar-refractivity contribution in [1.82, 2.24) is 0 Å². The Morgan fingerprint density at radius 3 is 0.815 bits per heavy atom. The molecule has 0 rings (SSSR count). The highest BCUT2D eigenvalue weighted by Crippen LogP contribution is 2.17. The van der Waals surface area contributed by atoms with Gasteiger partial charge < -0.3 is 14.2 Å². The molecule has 0 aliphatic heterocycles. The molecule has 382 valence electrons. The van der Waals surface area contributed by atoms with E-state index >= 15 is 0 Å². The molecule has 0 radical (unpaired) electrons. The molecule has 0 saturated heterocycles. The van der Waals surface area contributed by atoms with Crippen LogP contribution >= 0.6 is 0 Å². The van der Waals surface area contributed by atoms with E-state index < -0.39 is 6.10 Å². The van der Waals surface area contributed by atoms with E-state index in [9.17, 15) is 14.4 Å². The first-order valence-electron chi connectivity index (χ1n) is 28.8. The number of unbranched alkanes of at least 4 members (excludes halogenated alkanes) is 38. The highest BCUT2D eigenvalue weighted by Gasteiger charge is 2.19. The van der Waals surface area contributed by atoms with Gasteiger partial charge in [0.1, 0.15) is 13.2 Å². The Labute approximate surface area is 404 Å². The molecule has 0 N–H and O–H groups in total.